The van der Waals surface area contributed by atoms with Crippen molar-refractivity contribution in [1.82, 2.24) is 15.0 Å². The third kappa shape index (κ3) is 7.04. The zero-order valence-corrected chi connectivity index (χ0v) is 9.77. The maximum absolute atomic E-state index is 8.00. The molecule has 1 rings (SSSR count). The van der Waals surface area contributed by atoms with Crippen LogP contribution in [0.1, 0.15) is 0 Å². The van der Waals surface area contributed by atoms with Gasteiger partial charge in [-0.15, -0.1) is 0 Å². The summed E-state index contributed by atoms with van der Waals surface area (Å²) < 4.78 is 0. The number of hydrogen-bond acceptors (Lipinski definition) is 7. The van der Waals surface area contributed by atoms with Gasteiger partial charge in [0.25, 0.3) is 0 Å². The van der Waals surface area contributed by atoms with Crippen molar-refractivity contribution in [2.45, 2.75) is 0 Å². The third-order valence-corrected chi connectivity index (χ3v) is 0.687. The molecule has 0 saturated heterocycles. The Morgan fingerprint density at radius 1 is 0.846 bits per heavy atom. The van der Waals surface area contributed by atoms with Crippen LogP contribution in [0.4, 0.5) is 17.8 Å². The number of nitrogens with two attached hydrogens (primary N) is 3. The fourth-order valence-corrected chi connectivity index (χ4v) is 0.427. The average molecular weight is 238 g/mol. The Kier molecular flexibility index (Phi) is 11.9. The molecule has 0 radical (unpaired) electrons. The first-order valence-corrected chi connectivity index (χ1v) is 2.50. The van der Waals surface area contributed by atoms with Crippen molar-refractivity contribution in [3.8, 4) is 0 Å². The summed E-state index contributed by atoms with van der Waals surface area (Å²) in [4.78, 5) is 18.5. The van der Waals surface area contributed by atoms with Gasteiger partial charge in [-0.05, 0) is 0 Å². The van der Waals surface area contributed by atoms with Gasteiger partial charge in [0, 0.05) is 0 Å². The molecule has 0 amide bonds. The van der Waals surface area contributed by atoms with Crippen LogP contribution in [0, 0.1) is 0 Å². The second-order valence-electron chi connectivity index (χ2n) is 1.41. The van der Waals surface area contributed by atoms with E-state index in [1.54, 1.807) is 0 Å². The van der Waals surface area contributed by atoms with Crippen LogP contribution in [0.5, 0.6) is 0 Å². The molecule has 0 bridgehead atoms. The molecule has 6 N–H and O–H groups in total. The number of carbonyl (C=O) groups excluding carboxylic acids is 1. The van der Waals surface area contributed by atoms with Gasteiger partial charge >= 0.3 is 19.5 Å². The van der Waals surface area contributed by atoms with Gasteiger partial charge in [0.1, 0.15) is 6.79 Å². The number of hydrogen-bond donors (Lipinski definition) is 3. The summed E-state index contributed by atoms with van der Waals surface area (Å²) in [6.07, 6.45) is 0. The maximum atomic E-state index is 8.00. The van der Waals surface area contributed by atoms with Crippen molar-refractivity contribution in [1.29, 1.82) is 0 Å². The van der Waals surface area contributed by atoms with Crippen molar-refractivity contribution < 1.29 is 29.7 Å². The number of nitrogens with zero attached hydrogens (tertiary/aromatic N) is 3. The fourth-order valence-electron chi connectivity index (χ4n) is 0.427. The van der Waals surface area contributed by atoms with Gasteiger partial charge in [-0.3, -0.25) is 0 Å². The van der Waals surface area contributed by atoms with Gasteiger partial charge in [-0.1, -0.05) is 0 Å². The molecule has 8 nitrogen and oxygen atoms in total. The van der Waals surface area contributed by atoms with Gasteiger partial charge < -0.3 is 27.5 Å². The second kappa shape index (κ2) is 8.76. The van der Waals surface area contributed by atoms with Crippen molar-refractivity contribution in [3.05, 3.63) is 0 Å². The molecule has 1 aromatic heterocycles. The molecule has 0 aliphatic rings. The molecule has 68 valence electrons. The molecular weight excluding hydrogens is 229 g/mol. The predicted molar refractivity (Wildman–Crippen MR) is 40.9 cm³/mol. The van der Waals surface area contributed by atoms with Gasteiger partial charge in [-0.2, -0.15) is 15.0 Å². The predicted octanol–water partition coefficient (Wildman–Crippen LogP) is -1.69. The summed E-state index contributed by atoms with van der Waals surface area (Å²) in [5, 5.41) is 0. The van der Waals surface area contributed by atoms with Crippen LogP contribution in [-0.2, 0) is 29.7 Å². The molecule has 0 spiro atoms. The first-order valence-electron chi connectivity index (χ1n) is 2.50. The molecule has 9 heteroatoms. The van der Waals surface area contributed by atoms with Crippen LogP contribution in [0.2, 0.25) is 0 Å². The second-order valence-corrected chi connectivity index (χ2v) is 1.41. The molecule has 0 aliphatic heterocycles. The van der Waals surface area contributed by atoms with E-state index in [1.165, 1.54) is 0 Å². The summed E-state index contributed by atoms with van der Waals surface area (Å²) in [6, 6.07) is 0. The van der Waals surface area contributed by atoms with Crippen LogP contribution >= 0.6 is 0 Å². The van der Waals surface area contributed by atoms with E-state index < -0.39 is 0 Å². The normalized spacial score (nSPS) is 6.77. The molecule has 0 aliphatic carbocycles. The SMILES string of the molecule is C=O.Nc1nc(N)nc(N)n1.[O-2].[Zn+2]. The summed E-state index contributed by atoms with van der Waals surface area (Å²) in [6.45, 7) is 2.00. The van der Waals surface area contributed by atoms with Gasteiger partial charge in [0.2, 0.25) is 17.8 Å². The third-order valence-electron chi connectivity index (χ3n) is 0.687. The summed E-state index contributed by atoms with van der Waals surface area (Å²) >= 11 is 0. The number of nitrogen functional groups attached to an aromatic ring is 3. The minimum Gasteiger partial charge on any atom is -2.00 e. The Bertz CT molecular complexity index is 196. The summed E-state index contributed by atoms with van der Waals surface area (Å²) in [7, 11) is 0. The topological polar surface area (TPSA) is 162 Å². The van der Waals surface area contributed by atoms with E-state index in [-0.39, 0.29) is 42.8 Å². The molecule has 0 saturated carbocycles. The number of aromatic nitrogens is 3. The standard InChI is InChI=1S/C3H6N6.CH2O.O.Zn/c4-1-7-2(5)9-3(6)8-1;1-2;;/h(H6,4,5,6,7,8,9);1H2;;/q;;-2;+2. The largest absolute Gasteiger partial charge is 2.00 e. The Labute approximate surface area is 87.0 Å². The van der Waals surface area contributed by atoms with Crippen molar-refractivity contribution >= 4 is 24.6 Å². The molecule has 1 aromatic rings. The molecule has 0 unspecified atom stereocenters. The zero-order valence-electron chi connectivity index (χ0n) is 6.80. The van der Waals surface area contributed by atoms with Crippen molar-refractivity contribution in [2.24, 2.45) is 0 Å². The minimum atomic E-state index is 0. The molecular formula is C4H8N6O2Zn. The average Bonchev–Trinajstić information content (AvgIpc) is 1.88. The Balaban J connectivity index is -0.000000234. The fraction of sp³-hybridized carbons (Fsp3) is 0. The van der Waals surface area contributed by atoms with E-state index in [2.05, 4.69) is 15.0 Å². The van der Waals surface area contributed by atoms with Crippen LogP contribution in [0.3, 0.4) is 0 Å². The van der Waals surface area contributed by atoms with E-state index in [0.29, 0.717) is 0 Å². The van der Waals surface area contributed by atoms with E-state index in [0.717, 1.165) is 0 Å². The van der Waals surface area contributed by atoms with E-state index in [4.69, 9.17) is 22.0 Å². The zero-order chi connectivity index (χ0) is 8.85. The van der Waals surface area contributed by atoms with Crippen molar-refractivity contribution in [3.63, 3.8) is 0 Å². The van der Waals surface area contributed by atoms with E-state index in [1.807, 2.05) is 6.79 Å². The summed E-state index contributed by atoms with van der Waals surface area (Å²) in [5.41, 5.74) is 15.4. The molecule has 0 atom stereocenters. The Hall–Kier alpha value is -1.34. The van der Waals surface area contributed by atoms with Crippen LogP contribution < -0.4 is 17.2 Å². The molecule has 13 heavy (non-hydrogen) atoms. The minimum absolute atomic E-state index is 0. The van der Waals surface area contributed by atoms with Crippen LogP contribution in [0.15, 0.2) is 0 Å². The van der Waals surface area contributed by atoms with E-state index >= 15 is 0 Å². The van der Waals surface area contributed by atoms with Crippen LogP contribution in [-0.4, -0.2) is 21.7 Å². The maximum Gasteiger partial charge on any atom is 2.00 e. The molecule has 0 aromatic carbocycles. The Morgan fingerprint density at radius 2 is 1.00 bits per heavy atom. The molecule has 0 fully saturated rings. The van der Waals surface area contributed by atoms with Gasteiger partial charge in [0.05, 0.1) is 0 Å². The van der Waals surface area contributed by atoms with Gasteiger partial charge in [-0.25, -0.2) is 0 Å². The van der Waals surface area contributed by atoms with Gasteiger partial charge in [0.15, 0.2) is 0 Å². The number of carbonyl (C=O) groups is 1. The van der Waals surface area contributed by atoms with Crippen LogP contribution in [0.25, 0.3) is 0 Å². The molecule has 1 heterocycles. The quantitative estimate of drug-likeness (QED) is 0.453. The number of rotatable bonds is 0. The first-order chi connectivity index (χ1) is 5.18. The first kappa shape index (κ1) is 17.7. The van der Waals surface area contributed by atoms with E-state index in [9.17, 15) is 0 Å². The number of anilines is 3. The smallest absolute Gasteiger partial charge is 2.00 e. The summed E-state index contributed by atoms with van der Waals surface area (Å²) in [5.74, 6) is 0.125. The monoisotopic (exact) mass is 236 g/mol. The van der Waals surface area contributed by atoms with Crippen molar-refractivity contribution in [2.75, 3.05) is 17.2 Å². The Morgan fingerprint density at radius 3 is 1.15 bits per heavy atom.